The number of amides is 2. The molecule has 3 aromatic rings. The van der Waals surface area contributed by atoms with E-state index in [1.807, 2.05) is 0 Å². The Labute approximate surface area is 186 Å². The van der Waals surface area contributed by atoms with Crippen LogP contribution < -0.4 is 5.56 Å². The highest BCUT2D eigenvalue weighted by molar-refractivity contribution is 7.71. The number of nitrogens with zero attached hydrogens (tertiary/aromatic N) is 3. The van der Waals surface area contributed by atoms with Gasteiger partial charge in [-0.25, -0.2) is 4.39 Å². The monoisotopic (exact) mass is 460 g/mol. The van der Waals surface area contributed by atoms with Crippen LogP contribution in [0.5, 0.6) is 0 Å². The highest BCUT2D eigenvalue weighted by Crippen LogP contribution is 2.20. The van der Waals surface area contributed by atoms with E-state index in [0.29, 0.717) is 42.6 Å². The van der Waals surface area contributed by atoms with Gasteiger partial charge in [-0.05, 0) is 48.6 Å². The average Bonchev–Trinajstić information content (AvgIpc) is 2.76. The number of hydrogen-bond donors (Lipinski definition) is 1. The zero-order chi connectivity index (χ0) is 22.3. The second-order valence-electron chi connectivity index (χ2n) is 7.26. The molecule has 2 heterocycles. The number of aromatic amines is 1. The van der Waals surface area contributed by atoms with Gasteiger partial charge in [-0.3, -0.25) is 19.0 Å². The number of rotatable bonds is 2. The molecule has 10 heteroatoms. The zero-order valence-corrected chi connectivity index (χ0v) is 18.1. The summed E-state index contributed by atoms with van der Waals surface area (Å²) in [5.41, 5.74) is 0.921. The Morgan fingerprint density at radius 3 is 2.32 bits per heavy atom. The Bertz CT molecular complexity index is 1330. The molecule has 2 aromatic carbocycles. The average molecular weight is 461 g/mol. The van der Waals surface area contributed by atoms with Crippen molar-refractivity contribution in [1.29, 1.82) is 0 Å². The van der Waals surface area contributed by atoms with Crippen LogP contribution >= 0.6 is 23.8 Å². The lowest BCUT2D eigenvalue weighted by Crippen LogP contribution is -2.50. The highest BCUT2D eigenvalue weighted by atomic mass is 35.5. The molecule has 0 unspecified atom stereocenters. The van der Waals surface area contributed by atoms with E-state index in [2.05, 4.69) is 4.98 Å². The number of carbonyl (C=O) groups is 2. The summed E-state index contributed by atoms with van der Waals surface area (Å²) in [4.78, 5) is 44.1. The van der Waals surface area contributed by atoms with Crippen molar-refractivity contribution in [2.24, 2.45) is 7.05 Å². The Morgan fingerprint density at radius 1 is 1.03 bits per heavy atom. The summed E-state index contributed by atoms with van der Waals surface area (Å²) < 4.78 is 14.8. The Balaban J connectivity index is 1.49. The van der Waals surface area contributed by atoms with Gasteiger partial charge in [-0.1, -0.05) is 11.6 Å². The van der Waals surface area contributed by atoms with Crippen LogP contribution in [0.3, 0.4) is 0 Å². The molecular formula is C21H18ClFN4O3S. The molecule has 160 valence electrons. The molecule has 1 aromatic heterocycles. The SMILES string of the molecule is Cn1c(=S)[nH]c2cc(C(=O)N3CCN(C(=O)c4ccc(F)cc4Cl)CC3)ccc2c1=O. The first-order valence-electron chi connectivity index (χ1n) is 9.53. The van der Waals surface area contributed by atoms with Gasteiger partial charge in [0.25, 0.3) is 17.4 Å². The van der Waals surface area contributed by atoms with Crippen molar-refractivity contribution in [2.45, 2.75) is 0 Å². The van der Waals surface area contributed by atoms with E-state index >= 15 is 0 Å². The number of aromatic nitrogens is 2. The van der Waals surface area contributed by atoms with Crippen LogP contribution in [-0.4, -0.2) is 57.3 Å². The largest absolute Gasteiger partial charge is 0.335 e. The van der Waals surface area contributed by atoms with Crippen molar-refractivity contribution >= 4 is 46.5 Å². The third-order valence-electron chi connectivity index (χ3n) is 5.36. The predicted octanol–water partition coefficient (Wildman–Crippen LogP) is 2.99. The summed E-state index contributed by atoms with van der Waals surface area (Å²) in [6.45, 7) is 1.34. The summed E-state index contributed by atoms with van der Waals surface area (Å²) in [6, 6.07) is 8.49. The topological polar surface area (TPSA) is 78.4 Å². The fraction of sp³-hybridized carbons (Fsp3) is 0.238. The van der Waals surface area contributed by atoms with Crippen LogP contribution in [0, 0.1) is 10.6 Å². The Hall–Kier alpha value is -3.04. The maximum absolute atomic E-state index is 13.2. The molecule has 4 rings (SSSR count). The zero-order valence-electron chi connectivity index (χ0n) is 16.5. The first kappa shape index (κ1) is 21.2. The van der Waals surface area contributed by atoms with Crippen molar-refractivity contribution in [2.75, 3.05) is 26.2 Å². The number of carbonyl (C=O) groups excluding carboxylic acids is 2. The second kappa shape index (κ2) is 8.24. The number of hydrogen-bond acceptors (Lipinski definition) is 4. The lowest BCUT2D eigenvalue weighted by molar-refractivity contribution is 0.0535. The van der Waals surface area contributed by atoms with Gasteiger partial charge in [-0.2, -0.15) is 0 Å². The molecule has 31 heavy (non-hydrogen) atoms. The number of benzene rings is 2. The van der Waals surface area contributed by atoms with Gasteiger partial charge >= 0.3 is 0 Å². The third kappa shape index (κ3) is 3.98. The van der Waals surface area contributed by atoms with Crippen LogP contribution in [-0.2, 0) is 7.05 Å². The minimum atomic E-state index is -0.509. The Kier molecular flexibility index (Phi) is 5.63. The van der Waals surface area contributed by atoms with E-state index in [1.54, 1.807) is 35.0 Å². The normalized spacial score (nSPS) is 14.2. The number of halogens is 2. The van der Waals surface area contributed by atoms with Gasteiger partial charge in [0.15, 0.2) is 4.77 Å². The lowest BCUT2D eigenvalue weighted by Gasteiger charge is -2.35. The van der Waals surface area contributed by atoms with Gasteiger partial charge in [0, 0.05) is 38.8 Å². The minimum absolute atomic E-state index is 0.0585. The molecule has 0 atom stereocenters. The molecule has 1 N–H and O–H groups in total. The maximum atomic E-state index is 13.2. The fourth-order valence-corrected chi connectivity index (χ4v) is 4.01. The van der Waals surface area contributed by atoms with Gasteiger partial charge in [0.1, 0.15) is 5.82 Å². The van der Waals surface area contributed by atoms with E-state index in [-0.39, 0.29) is 32.7 Å². The molecular weight excluding hydrogens is 443 g/mol. The summed E-state index contributed by atoms with van der Waals surface area (Å²) >= 11 is 11.1. The van der Waals surface area contributed by atoms with Gasteiger partial charge in [0.05, 0.1) is 21.5 Å². The first-order valence-corrected chi connectivity index (χ1v) is 10.3. The fourth-order valence-electron chi connectivity index (χ4n) is 3.57. The highest BCUT2D eigenvalue weighted by Gasteiger charge is 2.26. The van der Waals surface area contributed by atoms with Crippen LogP contribution in [0.25, 0.3) is 10.9 Å². The molecule has 0 radical (unpaired) electrons. The molecule has 2 amide bonds. The van der Waals surface area contributed by atoms with Crippen molar-refractivity contribution in [1.82, 2.24) is 19.4 Å². The van der Waals surface area contributed by atoms with Crippen molar-refractivity contribution < 1.29 is 14.0 Å². The van der Waals surface area contributed by atoms with E-state index in [9.17, 15) is 18.8 Å². The predicted molar refractivity (Wildman–Crippen MR) is 118 cm³/mol. The molecule has 1 fully saturated rings. The molecule has 0 saturated carbocycles. The molecule has 1 aliphatic rings. The quantitative estimate of drug-likeness (QED) is 0.596. The van der Waals surface area contributed by atoms with Gasteiger partial charge in [-0.15, -0.1) is 0 Å². The van der Waals surface area contributed by atoms with Crippen LogP contribution in [0.15, 0.2) is 41.2 Å². The smallest absolute Gasteiger partial charge is 0.261 e. The molecule has 0 bridgehead atoms. The van der Waals surface area contributed by atoms with E-state index in [0.717, 1.165) is 6.07 Å². The third-order valence-corrected chi connectivity index (χ3v) is 6.05. The first-order chi connectivity index (χ1) is 14.8. The van der Waals surface area contributed by atoms with Crippen LogP contribution in [0.1, 0.15) is 20.7 Å². The molecule has 1 saturated heterocycles. The molecule has 0 aliphatic carbocycles. The number of piperazine rings is 1. The minimum Gasteiger partial charge on any atom is -0.335 e. The van der Waals surface area contributed by atoms with E-state index in [4.69, 9.17) is 23.8 Å². The summed E-state index contributed by atoms with van der Waals surface area (Å²) in [7, 11) is 1.58. The van der Waals surface area contributed by atoms with Crippen LogP contribution in [0.4, 0.5) is 4.39 Å². The molecule has 0 spiro atoms. The van der Waals surface area contributed by atoms with Gasteiger partial charge in [0.2, 0.25) is 0 Å². The van der Waals surface area contributed by atoms with E-state index < -0.39 is 5.82 Å². The molecule has 7 nitrogen and oxygen atoms in total. The van der Waals surface area contributed by atoms with E-state index in [1.165, 1.54) is 16.7 Å². The second-order valence-corrected chi connectivity index (χ2v) is 8.06. The van der Waals surface area contributed by atoms with Crippen molar-refractivity contribution in [3.8, 4) is 0 Å². The standard InChI is InChI=1S/C21H18ClFN4O3S/c1-25-19(29)15-4-2-12(10-17(15)24-21(25)31)18(28)26-6-8-27(9-7-26)20(30)14-5-3-13(23)11-16(14)22/h2-5,10-11H,6-9H2,1H3,(H,24,31). The number of fused-ring (bicyclic) bond motifs is 1. The van der Waals surface area contributed by atoms with Crippen molar-refractivity contribution in [3.63, 3.8) is 0 Å². The number of H-pyrrole nitrogens is 1. The van der Waals surface area contributed by atoms with Crippen molar-refractivity contribution in [3.05, 3.63) is 73.5 Å². The lowest BCUT2D eigenvalue weighted by atomic mass is 10.1. The maximum Gasteiger partial charge on any atom is 0.261 e. The summed E-state index contributed by atoms with van der Waals surface area (Å²) in [5, 5.41) is 0.502. The number of nitrogens with one attached hydrogen (secondary N) is 1. The van der Waals surface area contributed by atoms with Gasteiger partial charge < -0.3 is 14.8 Å². The Morgan fingerprint density at radius 2 is 1.68 bits per heavy atom. The molecule has 1 aliphatic heterocycles. The summed E-state index contributed by atoms with van der Waals surface area (Å²) in [5.74, 6) is -1.01. The van der Waals surface area contributed by atoms with Crippen LogP contribution in [0.2, 0.25) is 5.02 Å². The summed E-state index contributed by atoms with van der Waals surface area (Å²) in [6.07, 6.45) is 0.